The summed E-state index contributed by atoms with van der Waals surface area (Å²) in [6.07, 6.45) is 0.614. The Labute approximate surface area is 125 Å². The lowest BCUT2D eigenvalue weighted by Gasteiger charge is -2.08. The SMILES string of the molecule is Cc1ccc(NC(=O)c2csc(CCN)n2)c(C(=O)O)c1. The summed E-state index contributed by atoms with van der Waals surface area (Å²) in [6, 6.07) is 4.83. The number of thiazole rings is 1. The predicted octanol–water partition coefficient (Wildman–Crippen LogP) is 1.90. The van der Waals surface area contributed by atoms with Gasteiger partial charge in [0, 0.05) is 11.8 Å². The van der Waals surface area contributed by atoms with Crippen LogP contribution < -0.4 is 11.1 Å². The molecule has 0 bridgehead atoms. The van der Waals surface area contributed by atoms with Crippen LogP contribution >= 0.6 is 11.3 Å². The smallest absolute Gasteiger partial charge is 0.337 e. The molecular weight excluding hydrogens is 290 g/mol. The molecule has 2 rings (SSSR count). The molecule has 4 N–H and O–H groups in total. The van der Waals surface area contributed by atoms with E-state index in [-0.39, 0.29) is 16.9 Å². The number of rotatable bonds is 5. The van der Waals surface area contributed by atoms with Crippen LogP contribution in [0.2, 0.25) is 0 Å². The van der Waals surface area contributed by atoms with Crippen molar-refractivity contribution in [1.29, 1.82) is 0 Å². The largest absolute Gasteiger partial charge is 0.478 e. The van der Waals surface area contributed by atoms with Gasteiger partial charge in [0.15, 0.2) is 0 Å². The number of anilines is 1. The summed E-state index contributed by atoms with van der Waals surface area (Å²) in [5.41, 5.74) is 6.82. The molecule has 0 saturated heterocycles. The van der Waals surface area contributed by atoms with Crippen molar-refractivity contribution in [3.05, 3.63) is 45.4 Å². The zero-order valence-electron chi connectivity index (χ0n) is 11.4. The minimum absolute atomic E-state index is 0.0563. The van der Waals surface area contributed by atoms with Crippen molar-refractivity contribution >= 4 is 28.9 Å². The van der Waals surface area contributed by atoms with Gasteiger partial charge in [0.2, 0.25) is 0 Å². The highest BCUT2D eigenvalue weighted by Gasteiger charge is 2.15. The van der Waals surface area contributed by atoms with E-state index in [0.29, 0.717) is 13.0 Å². The lowest BCUT2D eigenvalue weighted by Crippen LogP contribution is -2.15. The number of aromatic carboxylic acids is 1. The van der Waals surface area contributed by atoms with Gasteiger partial charge < -0.3 is 16.2 Å². The van der Waals surface area contributed by atoms with E-state index < -0.39 is 11.9 Å². The van der Waals surface area contributed by atoms with Gasteiger partial charge in [0.1, 0.15) is 5.69 Å². The summed E-state index contributed by atoms with van der Waals surface area (Å²) in [4.78, 5) is 27.5. The summed E-state index contributed by atoms with van der Waals surface area (Å²) in [5.74, 6) is -1.52. The third-order valence-electron chi connectivity index (χ3n) is 2.80. The molecule has 0 spiro atoms. The number of carboxylic acid groups (broad SMARTS) is 1. The number of carboxylic acids is 1. The van der Waals surface area contributed by atoms with Gasteiger partial charge in [-0.2, -0.15) is 0 Å². The number of carbonyl (C=O) groups excluding carboxylic acids is 1. The third-order valence-corrected chi connectivity index (χ3v) is 3.70. The Morgan fingerprint density at radius 1 is 1.43 bits per heavy atom. The quantitative estimate of drug-likeness (QED) is 0.782. The first-order valence-corrected chi connectivity index (χ1v) is 7.19. The first kappa shape index (κ1) is 15.1. The van der Waals surface area contributed by atoms with Crippen molar-refractivity contribution in [3.63, 3.8) is 0 Å². The van der Waals surface area contributed by atoms with Gasteiger partial charge in [-0.1, -0.05) is 11.6 Å². The second-order valence-corrected chi connectivity index (χ2v) is 5.42. The van der Waals surface area contributed by atoms with E-state index in [1.165, 1.54) is 17.4 Å². The summed E-state index contributed by atoms with van der Waals surface area (Å²) < 4.78 is 0. The van der Waals surface area contributed by atoms with Gasteiger partial charge in [-0.05, 0) is 25.6 Å². The number of benzene rings is 1. The third kappa shape index (κ3) is 3.65. The molecule has 0 atom stereocenters. The number of aromatic nitrogens is 1. The molecule has 110 valence electrons. The first-order chi connectivity index (χ1) is 10.0. The van der Waals surface area contributed by atoms with E-state index in [2.05, 4.69) is 10.3 Å². The summed E-state index contributed by atoms with van der Waals surface area (Å²) >= 11 is 1.36. The van der Waals surface area contributed by atoms with Crippen LogP contribution in [0.15, 0.2) is 23.6 Å². The molecule has 1 heterocycles. The maximum atomic E-state index is 12.1. The van der Waals surface area contributed by atoms with E-state index in [9.17, 15) is 9.59 Å². The highest BCUT2D eigenvalue weighted by Crippen LogP contribution is 2.19. The minimum Gasteiger partial charge on any atom is -0.478 e. The molecule has 0 aliphatic heterocycles. The Hall–Kier alpha value is -2.25. The first-order valence-electron chi connectivity index (χ1n) is 6.31. The Bertz CT molecular complexity index is 682. The van der Waals surface area contributed by atoms with Crippen LogP contribution in [0.25, 0.3) is 0 Å². The van der Waals surface area contributed by atoms with Gasteiger partial charge >= 0.3 is 5.97 Å². The zero-order chi connectivity index (χ0) is 15.4. The molecule has 2 aromatic rings. The van der Waals surface area contributed by atoms with Crippen LogP contribution in [0.3, 0.4) is 0 Å². The Morgan fingerprint density at radius 3 is 2.86 bits per heavy atom. The number of amides is 1. The molecule has 6 nitrogen and oxygen atoms in total. The Kier molecular flexibility index (Phi) is 4.66. The van der Waals surface area contributed by atoms with E-state index in [1.54, 1.807) is 24.4 Å². The summed E-state index contributed by atoms with van der Waals surface area (Å²) in [7, 11) is 0. The molecule has 0 radical (unpaired) electrons. The van der Waals surface area contributed by atoms with Crippen molar-refractivity contribution in [2.45, 2.75) is 13.3 Å². The zero-order valence-corrected chi connectivity index (χ0v) is 12.2. The summed E-state index contributed by atoms with van der Waals surface area (Å²) in [5, 5.41) is 14.2. The number of hydrogen-bond donors (Lipinski definition) is 3. The van der Waals surface area contributed by atoms with E-state index in [0.717, 1.165) is 10.6 Å². The highest BCUT2D eigenvalue weighted by atomic mass is 32.1. The molecule has 1 amide bonds. The Morgan fingerprint density at radius 2 is 2.19 bits per heavy atom. The fourth-order valence-electron chi connectivity index (χ4n) is 1.78. The standard InChI is InChI=1S/C14H15N3O3S/c1-8-2-3-10(9(6-8)14(19)20)17-13(18)11-7-21-12(16-11)4-5-15/h2-3,6-7H,4-5,15H2,1H3,(H,17,18)(H,19,20). The Balaban J connectivity index is 2.20. The fraction of sp³-hybridized carbons (Fsp3) is 0.214. The van der Waals surface area contributed by atoms with Gasteiger partial charge in [-0.15, -0.1) is 11.3 Å². The molecule has 0 fully saturated rings. The number of nitrogens with two attached hydrogens (primary N) is 1. The monoisotopic (exact) mass is 305 g/mol. The number of nitrogens with zero attached hydrogens (tertiary/aromatic N) is 1. The van der Waals surface area contributed by atoms with Gasteiger partial charge in [0.25, 0.3) is 5.91 Å². The number of carbonyl (C=O) groups is 2. The van der Waals surface area contributed by atoms with Crippen LogP contribution in [0.4, 0.5) is 5.69 Å². The van der Waals surface area contributed by atoms with Crippen LogP contribution in [0.1, 0.15) is 31.4 Å². The molecule has 21 heavy (non-hydrogen) atoms. The molecular formula is C14H15N3O3S. The van der Waals surface area contributed by atoms with Gasteiger partial charge in [-0.25, -0.2) is 9.78 Å². The van der Waals surface area contributed by atoms with Crippen LogP contribution in [0, 0.1) is 6.92 Å². The van der Waals surface area contributed by atoms with Crippen molar-refractivity contribution in [1.82, 2.24) is 4.98 Å². The second kappa shape index (κ2) is 6.47. The average molecular weight is 305 g/mol. The number of nitrogens with one attached hydrogen (secondary N) is 1. The van der Waals surface area contributed by atoms with Crippen LogP contribution in [0.5, 0.6) is 0 Å². The normalized spacial score (nSPS) is 10.4. The highest BCUT2D eigenvalue weighted by molar-refractivity contribution is 7.09. The topological polar surface area (TPSA) is 105 Å². The van der Waals surface area contributed by atoms with E-state index >= 15 is 0 Å². The number of aryl methyl sites for hydroxylation is 1. The molecule has 1 aromatic carbocycles. The molecule has 0 unspecified atom stereocenters. The van der Waals surface area contributed by atoms with Gasteiger partial charge in [-0.3, -0.25) is 4.79 Å². The fourth-order valence-corrected chi connectivity index (χ4v) is 2.58. The predicted molar refractivity (Wildman–Crippen MR) is 81.0 cm³/mol. The minimum atomic E-state index is -1.09. The average Bonchev–Trinajstić information content (AvgIpc) is 2.89. The van der Waals surface area contributed by atoms with Gasteiger partial charge in [0.05, 0.1) is 16.3 Å². The molecule has 0 aliphatic carbocycles. The molecule has 1 aromatic heterocycles. The lowest BCUT2D eigenvalue weighted by molar-refractivity contribution is 0.0698. The lowest BCUT2D eigenvalue weighted by atomic mass is 10.1. The second-order valence-electron chi connectivity index (χ2n) is 4.47. The van der Waals surface area contributed by atoms with E-state index in [1.807, 2.05) is 0 Å². The maximum absolute atomic E-state index is 12.1. The van der Waals surface area contributed by atoms with Crippen LogP contribution in [-0.2, 0) is 6.42 Å². The van der Waals surface area contributed by atoms with Crippen molar-refractivity contribution < 1.29 is 14.7 Å². The molecule has 0 aliphatic rings. The molecule has 0 saturated carbocycles. The maximum Gasteiger partial charge on any atom is 0.337 e. The molecule has 7 heteroatoms. The van der Waals surface area contributed by atoms with Crippen molar-refractivity contribution in [3.8, 4) is 0 Å². The van der Waals surface area contributed by atoms with Crippen molar-refractivity contribution in [2.75, 3.05) is 11.9 Å². The summed E-state index contributed by atoms with van der Waals surface area (Å²) in [6.45, 7) is 2.26. The van der Waals surface area contributed by atoms with Crippen LogP contribution in [-0.4, -0.2) is 28.5 Å². The van der Waals surface area contributed by atoms with Crippen molar-refractivity contribution in [2.24, 2.45) is 5.73 Å². The number of hydrogen-bond acceptors (Lipinski definition) is 5. The van der Waals surface area contributed by atoms with E-state index in [4.69, 9.17) is 10.8 Å².